The molecule has 0 radical (unpaired) electrons. The normalized spacial score (nSPS) is 20.9. The number of aromatic nitrogens is 2. The Kier molecular flexibility index (Phi) is 3.55. The van der Waals surface area contributed by atoms with E-state index < -0.39 is 16.2 Å². The van der Waals surface area contributed by atoms with E-state index in [2.05, 4.69) is 5.10 Å². The van der Waals surface area contributed by atoms with Gasteiger partial charge in [0, 0.05) is 7.05 Å². The third kappa shape index (κ3) is 2.47. The first-order valence-corrected chi connectivity index (χ1v) is 7.23. The van der Waals surface area contributed by atoms with Crippen LogP contribution in [-0.4, -0.2) is 37.3 Å². The molecule has 0 saturated carbocycles. The molecule has 7 nitrogen and oxygen atoms in total. The van der Waals surface area contributed by atoms with Crippen LogP contribution in [-0.2, 0) is 17.3 Å². The number of piperidine rings is 1. The summed E-state index contributed by atoms with van der Waals surface area (Å²) in [5, 5.41) is 10.9. The highest BCUT2D eigenvalue weighted by molar-refractivity contribution is 7.90. The van der Waals surface area contributed by atoms with Gasteiger partial charge < -0.3 is 5.32 Å². The highest BCUT2D eigenvalue weighted by Crippen LogP contribution is 2.24. The van der Waals surface area contributed by atoms with E-state index in [4.69, 9.17) is 5.14 Å². The lowest BCUT2D eigenvalue weighted by molar-refractivity contribution is -0.663. The van der Waals surface area contributed by atoms with Crippen molar-refractivity contribution < 1.29 is 18.1 Å². The standard InChI is InChI=1S/C9H16FN5O2S/c1-14-9(10)8(6-13-14)15(18(11,16)17)7-3-2-4-12-5-7/h6-7,12H,2-5H2,1H3,(H2,11,16,17)/p+1. The van der Waals surface area contributed by atoms with Gasteiger partial charge in [-0.3, -0.25) is 0 Å². The highest BCUT2D eigenvalue weighted by atomic mass is 32.2. The molecule has 4 N–H and O–H groups in total. The smallest absolute Gasteiger partial charge is 0.299 e. The lowest BCUT2D eigenvalue weighted by atomic mass is 10.1. The van der Waals surface area contributed by atoms with Crippen molar-refractivity contribution in [3.05, 3.63) is 12.1 Å². The van der Waals surface area contributed by atoms with Gasteiger partial charge in [0.15, 0.2) is 0 Å². The summed E-state index contributed by atoms with van der Waals surface area (Å²) in [6.45, 7) is 1.52. The summed E-state index contributed by atoms with van der Waals surface area (Å²) in [6, 6.07) is -0.326. The Hall–Kier alpha value is -1.19. The third-order valence-electron chi connectivity index (χ3n) is 3.08. The molecule has 0 spiro atoms. The Bertz CT molecular complexity index is 523. The number of rotatable bonds is 3. The first-order chi connectivity index (χ1) is 8.41. The summed E-state index contributed by atoms with van der Waals surface area (Å²) in [5.74, 6) is -0.699. The van der Waals surface area contributed by atoms with Crippen LogP contribution in [0.3, 0.4) is 0 Å². The van der Waals surface area contributed by atoms with Crippen LogP contribution in [0.4, 0.5) is 10.1 Å². The molecule has 1 aromatic heterocycles. The van der Waals surface area contributed by atoms with Gasteiger partial charge in [0.05, 0.1) is 25.3 Å². The molecule has 2 heterocycles. The van der Waals surface area contributed by atoms with Crippen molar-refractivity contribution in [1.82, 2.24) is 9.78 Å². The summed E-state index contributed by atoms with van der Waals surface area (Å²) in [7, 11) is -2.60. The Balaban J connectivity index is 2.40. The van der Waals surface area contributed by atoms with Crippen molar-refractivity contribution in [1.29, 1.82) is 0 Å². The van der Waals surface area contributed by atoms with E-state index in [1.807, 2.05) is 5.32 Å². The van der Waals surface area contributed by atoms with E-state index in [1.54, 1.807) is 0 Å². The first-order valence-electron chi connectivity index (χ1n) is 5.72. The number of halogens is 1. The molecule has 1 aromatic rings. The average Bonchev–Trinajstić information content (AvgIpc) is 2.61. The van der Waals surface area contributed by atoms with Gasteiger partial charge in [0.25, 0.3) is 10.2 Å². The van der Waals surface area contributed by atoms with Crippen LogP contribution in [0.25, 0.3) is 0 Å². The second-order valence-corrected chi connectivity index (χ2v) is 5.82. The van der Waals surface area contributed by atoms with Gasteiger partial charge >= 0.3 is 0 Å². The molecule has 1 aliphatic rings. The van der Waals surface area contributed by atoms with Gasteiger partial charge in [-0.05, 0) is 12.8 Å². The minimum Gasteiger partial charge on any atom is -0.345 e. The first kappa shape index (κ1) is 13.2. The second-order valence-electron chi connectivity index (χ2n) is 4.39. The molecule has 102 valence electrons. The maximum Gasteiger partial charge on any atom is 0.299 e. The molecule has 18 heavy (non-hydrogen) atoms. The monoisotopic (exact) mass is 278 g/mol. The van der Waals surface area contributed by atoms with Crippen LogP contribution in [0, 0.1) is 5.95 Å². The number of nitrogens with zero attached hydrogens (tertiary/aromatic N) is 3. The zero-order chi connectivity index (χ0) is 13.3. The zero-order valence-corrected chi connectivity index (χ0v) is 10.9. The Morgan fingerprint density at radius 2 is 2.39 bits per heavy atom. The molecule has 1 saturated heterocycles. The van der Waals surface area contributed by atoms with Gasteiger partial charge in [0.2, 0.25) is 5.95 Å². The van der Waals surface area contributed by atoms with E-state index in [0.717, 1.165) is 22.0 Å². The van der Waals surface area contributed by atoms with Gasteiger partial charge in [-0.2, -0.15) is 17.9 Å². The van der Waals surface area contributed by atoms with Crippen molar-refractivity contribution in [2.75, 3.05) is 17.4 Å². The molecule has 1 aliphatic heterocycles. The summed E-state index contributed by atoms with van der Waals surface area (Å²) >= 11 is 0. The van der Waals surface area contributed by atoms with Gasteiger partial charge in [-0.25, -0.2) is 14.1 Å². The van der Waals surface area contributed by atoms with E-state index in [0.29, 0.717) is 13.0 Å². The minimum atomic E-state index is -4.01. The SMILES string of the molecule is Cn1ncc(N(C2CCC[NH2+]C2)S(N)(=O)=O)c1F. The predicted molar refractivity (Wildman–Crippen MR) is 63.4 cm³/mol. The van der Waals surface area contributed by atoms with E-state index in [9.17, 15) is 12.8 Å². The highest BCUT2D eigenvalue weighted by Gasteiger charge is 2.33. The molecule has 9 heteroatoms. The molecule has 0 amide bonds. The maximum absolute atomic E-state index is 13.8. The van der Waals surface area contributed by atoms with Crippen molar-refractivity contribution in [2.45, 2.75) is 18.9 Å². The Morgan fingerprint density at radius 3 is 2.83 bits per heavy atom. The van der Waals surface area contributed by atoms with Crippen molar-refractivity contribution in [3.63, 3.8) is 0 Å². The van der Waals surface area contributed by atoms with Crippen molar-refractivity contribution >= 4 is 15.9 Å². The Labute approximate surface area is 105 Å². The lowest BCUT2D eigenvalue weighted by Gasteiger charge is -2.31. The minimum absolute atomic E-state index is 0.0831. The fraction of sp³-hybridized carbons (Fsp3) is 0.667. The maximum atomic E-state index is 13.8. The lowest BCUT2D eigenvalue weighted by Crippen LogP contribution is -2.89. The molecule has 1 atom stereocenters. The van der Waals surface area contributed by atoms with E-state index >= 15 is 0 Å². The molecular formula is C9H17FN5O2S+. The average molecular weight is 278 g/mol. The van der Waals surface area contributed by atoms with Gasteiger partial charge in [-0.1, -0.05) is 0 Å². The number of hydrogen-bond donors (Lipinski definition) is 2. The zero-order valence-electron chi connectivity index (χ0n) is 10.1. The number of nitrogens with two attached hydrogens (primary N) is 2. The quantitative estimate of drug-likeness (QED) is 0.689. The van der Waals surface area contributed by atoms with Crippen LogP contribution in [0.5, 0.6) is 0 Å². The summed E-state index contributed by atoms with van der Waals surface area (Å²) in [6.07, 6.45) is 2.73. The topological polar surface area (TPSA) is 97.8 Å². The molecule has 0 aromatic carbocycles. The molecule has 1 fully saturated rings. The van der Waals surface area contributed by atoms with Gasteiger partial charge in [0.1, 0.15) is 5.69 Å². The third-order valence-corrected chi connectivity index (χ3v) is 4.12. The molecule has 2 rings (SSSR count). The van der Waals surface area contributed by atoms with Crippen LogP contribution in [0.1, 0.15) is 12.8 Å². The fourth-order valence-electron chi connectivity index (χ4n) is 2.24. The van der Waals surface area contributed by atoms with Crippen LogP contribution in [0.2, 0.25) is 0 Å². The number of hydrogen-bond acceptors (Lipinski definition) is 3. The number of anilines is 1. The van der Waals surface area contributed by atoms with E-state index in [-0.39, 0.29) is 11.7 Å². The predicted octanol–water partition coefficient (Wildman–Crippen LogP) is -1.71. The van der Waals surface area contributed by atoms with Crippen molar-refractivity contribution in [2.24, 2.45) is 12.2 Å². The number of aryl methyl sites for hydroxylation is 1. The van der Waals surface area contributed by atoms with E-state index in [1.165, 1.54) is 13.2 Å². The van der Waals surface area contributed by atoms with Crippen LogP contribution in [0.15, 0.2) is 6.20 Å². The largest absolute Gasteiger partial charge is 0.345 e. The molecule has 1 unspecified atom stereocenters. The Morgan fingerprint density at radius 1 is 1.67 bits per heavy atom. The van der Waals surface area contributed by atoms with Crippen LogP contribution < -0.4 is 14.8 Å². The summed E-state index contributed by atoms with van der Waals surface area (Å²) in [4.78, 5) is 0. The second kappa shape index (κ2) is 4.82. The molecule has 0 aliphatic carbocycles. The number of quaternary nitrogens is 1. The summed E-state index contributed by atoms with van der Waals surface area (Å²) in [5.41, 5.74) is -0.0831. The van der Waals surface area contributed by atoms with Crippen molar-refractivity contribution in [3.8, 4) is 0 Å². The molecule has 0 bridgehead atoms. The summed E-state index contributed by atoms with van der Waals surface area (Å²) < 4.78 is 39.1. The molecular weight excluding hydrogens is 261 g/mol. The van der Waals surface area contributed by atoms with Gasteiger partial charge in [-0.15, -0.1) is 0 Å². The fourth-order valence-corrected chi connectivity index (χ4v) is 3.24. The van der Waals surface area contributed by atoms with Crippen LogP contribution >= 0.6 is 0 Å².